The Balaban J connectivity index is 1.64. The van der Waals surface area contributed by atoms with E-state index in [0.29, 0.717) is 24.3 Å². The van der Waals surface area contributed by atoms with Gasteiger partial charge in [-0.15, -0.1) is 0 Å². The van der Waals surface area contributed by atoms with Gasteiger partial charge in [0.25, 0.3) is 0 Å². The first-order chi connectivity index (χ1) is 11.4. The summed E-state index contributed by atoms with van der Waals surface area (Å²) in [6.07, 6.45) is 6.47. The molecule has 5 rings (SSSR count). The van der Waals surface area contributed by atoms with Crippen LogP contribution in [-0.2, 0) is 14.9 Å². The summed E-state index contributed by atoms with van der Waals surface area (Å²) in [6.45, 7) is 6.18. The molecule has 1 amide bonds. The van der Waals surface area contributed by atoms with Crippen LogP contribution >= 0.6 is 0 Å². The molecule has 0 saturated heterocycles. The normalized spacial score (nSPS) is 38.3. The van der Waals surface area contributed by atoms with E-state index < -0.39 is 0 Å². The van der Waals surface area contributed by atoms with Crippen LogP contribution in [0, 0.1) is 11.8 Å². The minimum Gasteiger partial charge on any atom is -0.371 e. The molecule has 1 heterocycles. The zero-order chi connectivity index (χ0) is 16.9. The monoisotopic (exact) mass is 333 g/mol. The van der Waals surface area contributed by atoms with E-state index in [9.17, 15) is 4.79 Å². The van der Waals surface area contributed by atoms with Crippen LogP contribution in [0.3, 0.4) is 0 Å². The van der Waals surface area contributed by atoms with Crippen molar-refractivity contribution < 1.29 is 14.1 Å². The number of aromatic nitrogens is 2. The number of hydrogen-bond donors (Lipinski definition) is 1. The van der Waals surface area contributed by atoms with Crippen molar-refractivity contribution in [3.05, 3.63) is 11.7 Å². The first kappa shape index (κ1) is 16.1. The maximum absolute atomic E-state index is 11.8. The molecule has 0 spiro atoms. The summed E-state index contributed by atoms with van der Waals surface area (Å²) < 4.78 is 11.3. The van der Waals surface area contributed by atoms with Crippen molar-refractivity contribution in [2.24, 2.45) is 11.8 Å². The largest absolute Gasteiger partial charge is 0.371 e. The maximum atomic E-state index is 11.8. The van der Waals surface area contributed by atoms with Crippen molar-refractivity contribution in [1.29, 1.82) is 0 Å². The van der Waals surface area contributed by atoms with Gasteiger partial charge in [0.15, 0.2) is 5.82 Å². The summed E-state index contributed by atoms with van der Waals surface area (Å²) in [5.41, 5.74) is -0.139. The van der Waals surface area contributed by atoms with Gasteiger partial charge in [0.2, 0.25) is 11.8 Å². The third kappa shape index (κ3) is 2.55. The molecule has 3 unspecified atom stereocenters. The summed E-state index contributed by atoms with van der Waals surface area (Å²) in [5, 5.41) is 7.46. The highest BCUT2D eigenvalue weighted by atomic mass is 16.5. The highest BCUT2D eigenvalue weighted by Crippen LogP contribution is 2.62. The lowest BCUT2D eigenvalue weighted by molar-refractivity contribution is -0.126. The van der Waals surface area contributed by atoms with Gasteiger partial charge in [-0.3, -0.25) is 4.79 Å². The second-order valence-electron chi connectivity index (χ2n) is 8.26. The highest BCUT2D eigenvalue weighted by Gasteiger charge is 2.60. The summed E-state index contributed by atoms with van der Waals surface area (Å²) in [7, 11) is 0. The van der Waals surface area contributed by atoms with Gasteiger partial charge in [0.1, 0.15) is 6.10 Å². The molecule has 0 aromatic carbocycles. The Kier molecular flexibility index (Phi) is 3.71. The average molecular weight is 333 g/mol. The zero-order valence-corrected chi connectivity index (χ0v) is 14.8. The van der Waals surface area contributed by atoms with Crippen molar-refractivity contribution in [1.82, 2.24) is 15.5 Å². The molecule has 0 aliphatic heterocycles. The summed E-state index contributed by atoms with van der Waals surface area (Å²) in [5.74, 6) is 2.77. The SMILES string of the molecule is CCOC(C)c1noc(C23CC4CC(CC(NC(C)=O)(C4)C2)C3)n1. The number of nitrogens with one attached hydrogen (secondary N) is 1. The lowest BCUT2D eigenvalue weighted by Crippen LogP contribution is -2.64. The Morgan fingerprint density at radius 2 is 2.08 bits per heavy atom. The van der Waals surface area contributed by atoms with Crippen LogP contribution < -0.4 is 5.32 Å². The van der Waals surface area contributed by atoms with Crippen LogP contribution in [0.15, 0.2) is 4.52 Å². The second-order valence-corrected chi connectivity index (χ2v) is 8.26. The van der Waals surface area contributed by atoms with Gasteiger partial charge < -0.3 is 14.6 Å². The van der Waals surface area contributed by atoms with Crippen LogP contribution in [0.5, 0.6) is 0 Å². The second kappa shape index (κ2) is 5.55. The van der Waals surface area contributed by atoms with Gasteiger partial charge in [-0.05, 0) is 64.2 Å². The third-order valence-electron chi connectivity index (χ3n) is 6.18. The molecule has 1 aromatic heterocycles. The van der Waals surface area contributed by atoms with Crippen molar-refractivity contribution in [3.8, 4) is 0 Å². The smallest absolute Gasteiger partial charge is 0.233 e. The summed E-state index contributed by atoms with van der Waals surface area (Å²) >= 11 is 0. The number of amides is 1. The van der Waals surface area contributed by atoms with Crippen molar-refractivity contribution >= 4 is 5.91 Å². The molecule has 4 bridgehead atoms. The van der Waals surface area contributed by atoms with Gasteiger partial charge in [0.05, 0.1) is 5.41 Å². The Morgan fingerprint density at radius 1 is 1.38 bits per heavy atom. The Hall–Kier alpha value is -1.43. The van der Waals surface area contributed by atoms with E-state index >= 15 is 0 Å². The molecule has 1 aromatic rings. The molecule has 4 fully saturated rings. The highest BCUT2D eigenvalue weighted by molar-refractivity contribution is 5.74. The van der Waals surface area contributed by atoms with E-state index in [-0.39, 0.29) is 23.0 Å². The van der Waals surface area contributed by atoms with Crippen molar-refractivity contribution in [2.75, 3.05) is 6.61 Å². The number of nitrogens with zero attached hydrogens (tertiary/aromatic N) is 2. The van der Waals surface area contributed by atoms with Crippen LogP contribution in [0.25, 0.3) is 0 Å². The molecule has 132 valence electrons. The predicted molar refractivity (Wildman–Crippen MR) is 87.2 cm³/mol. The zero-order valence-electron chi connectivity index (χ0n) is 14.8. The lowest BCUT2D eigenvalue weighted by Gasteiger charge is -2.60. The Morgan fingerprint density at radius 3 is 2.71 bits per heavy atom. The molecule has 4 saturated carbocycles. The minimum atomic E-state index is -0.147. The lowest BCUT2D eigenvalue weighted by atomic mass is 9.46. The molecule has 24 heavy (non-hydrogen) atoms. The fraction of sp³-hybridized carbons (Fsp3) is 0.833. The van der Waals surface area contributed by atoms with E-state index in [1.807, 2.05) is 13.8 Å². The number of hydrogen-bond acceptors (Lipinski definition) is 5. The van der Waals surface area contributed by atoms with Gasteiger partial charge in [-0.1, -0.05) is 5.16 Å². The predicted octanol–water partition coefficient (Wildman–Crippen LogP) is 2.89. The molecule has 3 atom stereocenters. The molecular formula is C18H27N3O3. The molecule has 6 heteroatoms. The molecule has 4 aliphatic carbocycles. The molecule has 0 radical (unpaired) electrons. The number of ether oxygens (including phenoxy) is 1. The van der Waals surface area contributed by atoms with E-state index in [1.54, 1.807) is 6.92 Å². The van der Waals surface area contributed by atoms with Crippen LogP contribution in [0.4, 0.5) is 0 Å². The van der Waals surface area contributed by atoms with E-state index in [4.69, 9.17) is 14.2 Å². The number of carbonyl (C=O) groups excluding carboxylic acids is 1. The molecule has 1 N–H and O–H groups in total. The van der Waals surface area contributed by atoms with Gasteiger partial charge in [-0.2, -0.15) is 4.98 Å². The van der Waals surface area contributed by atoms with Gasteiger partial charge in [0, 0.05) is 19.1 Å². The summed E-state index contributed by atoms with van der Waals surface area (Å²) in [4.78, 5) is 16.5. The topological polar surface area (TPSA) is 77.3 Å². The van der Waals surface area contributed by atoms with Crippen LogP contribution in [0.1, 0.15) is 77.1 Å². The van der Waals surface area contributed by atoms with Crippen molar-refractivity contribution in [3.63, 3.8) is 0 Å². The molecular weight excluding hydrogens is 306 g/mol. The third-order valence-corrected chi connectivity index (χ3v) is 6.18. The van der Waals surface area contributed by atoms with Gasteiger partial charge >= 0.3 is 0 Å². The number of rotatable bonds is 5. The minimum absolute atomic E-state index is 0.0658. The van der Waals surface area contributed by atoms with Crippen LogP contribution in [0.2, 0.25) is 0 Å². The Labute approximate surface area is 142 Å². The fourth-order valence-electron chi connectivity index (χ4n) is 5.97. The standard InChI is InChI=1S/C18H27N3O3/c1-4-23-11(2)15-19-16(24-21-15)17-6-13-5-14(7-17)9-18(8-13,10-17)20-12(3)22/h11,13-14H,4-10H2,1-3H3,(H,20,22). The average Bonchev–Trinajstić information content (AvgIpc) is 2.95. The quantitative estimate of drug-likeness (QED) is 0.896. The first-order valence-corrected chi connectivity index (χ1v) is 9.18. The molecule has 4 aliphatic rings. The van der Waals surface area contributed by atoms with E-state index in [0.717, 1.165) is 38.0 Å². The van der Waals surface area contributed by atoms with E-state index in [1.165, 1.54) is 6.42 Å². The Bertz CT molecular complexity index is 627. The number of carbonyl (C=O) groups is 1. The summed E-state index contributed by atoms with van der Waals surface area (Å²) in [6, 6.07) is 0. The maximum Gasteiger partial charge on any atom is 0.233 e. The van der Waals surface area contributed by atoms with Crippen molar-refractivity contribution in [2.45, 2.75) is 76.4 Å². The first-order valence-electron chi connectivity index (χ1n) is 9.18. The van der Waals surface area contributed by atoms with E-state index in [2.05, 4.69) is 10.5 Å². The van der Waals surface area contributed by atoms with Gasteiger partial charge in [-0.25, -0.2) is 0 Å². The molecule has 6 nitrogen and oxygen atoms in total. The fourth-order valence-corrected chi connectivity index (χ4v) is 5.97. The van der Waals surface area contributed by atoms with Crippen LogP contribution in [-0.4, -0.2) is 28.2 Å².